The Morgan fingerprint density at radius 2 is 1.56 bits per heavy atom. The molecule has 25 heavy (non-hydrogen) atoms. The van der Waals surface area contributed by atoms with E-state index in [9.17, 15) is 29.1 Å². The minimum Gasteiger partial charge on any atom is -0.481 e. The zero-order valence-corrected chi connectivity index (χ0v) is 13.7. The van der Waals surface area contributed by atoms with Gasteiger partial charge in [0.05, 0.1) is 25.1 Å². The summed E-state index contributed by atoms with van der Waals surface area (Å²) in [6, 6.07) is -4.01. The lowest BCUT2D eigenvalue weighted by molar-refractivity contribution is -0.145. The van der Waals surface area contributed by atoms with Crippen molar-refractivity contribution in [1.29, 1.82) is 0 Å². The van der Waals surface area contributed by atoms with Crippen LogP contribution in [0.25, 0.3) is 0 Å². The number of carbonyl (C=O) groups excluding carboxylic acids is 3. The first-order valence-electron chi connectivity index (χ1n) is 7.21. The molecule has 4 atom stereocenters. The van der Waals surface area contributed by atoms with E-state index in [-0.39, 0.29) is 0 Å². The normalized spacial score (nSPS) is 15.2. The minimum absolute atomic E-state index is 0.681. The maximum absolute atomic E-state index is 11.9. The predicted octanol–water partition coefficient (Wildman–Crippen LogP) is -3.64. The highest BCUT2D eigenvalue weighted by Gasteiger charge is 2.27. The summed E-state index contributed by atoms with van der Waals surface area (Å²) in [5.74, 6) is -5.48. The van der Waals surface area contributed by atoms with Crippen molar-refractivity contribution < 1.29 is 39.3 Å². The number of nitrogens with one attached hydrogen (secondary N) is 3. The fraction of sp³-hybridized carbons (Fsp3) is 0.615. The summed E-state index contributed by atoms with van der Waals surface area (Å²) in [6.45, 7) is 1.81. The van der Waals surface area contributed by atoms with E-state index in [1.54, 1.807) is 0 Å². The summed E-state index contributed by atoms with van der Waals surface area (Å²) < 4.78 is 0. The molecule has 0 aliphatic rings. The van der Waals surface area contributed by atoms with Gasteiger partial charge in [0.2, 0.25) is 17.7 Å². The SMILES string of the molecule is CC(N)C(=O)NC(CC(=O)O)C(=O)NCC(=O)NC(C(=O)O)C(C)O. The van der Waals surface area contributed by atoms with Crippen molar-refractivity contribution in [2.45, 2.75) is 44.5 Å². The summed E-state index contributed by atoms with van der Waals surface area (Å²) in [4.78, 5) is 56.6. The summed E-state index contributed by atoms with van der Waals surface area (Å²) in [5, 5.41) is 33.0. The second kappa shape index (κ2) is 10.2. The number of aliphatic carboxylic acids is 2. The third kappa shape index (κ3) is 8.62. The largest absolute Gasteiger partial charge is 0.481 e. The first kappa shape index (κ1) is 22.3. The van der Waals surface area contributed by atoms with Crippen molar-refractivity contribution in [3.8, 4) is 0 Å². The van der Waals surface area contributed by atoms with E-state index in [0.29, 0.717) is 0 Å². The molecule has 3 amide bonds. The molecule has 0 rings (SSSR count). The zero-order valence-electron chi connectivity index (χ0n) is 13.7. The highest BCUT2D eigenvalue weighted by molar-refractivity contribution is 5.94. The topological polar surface area (TPSA) is 208 Å². The third-order valence-corrected chi connectivity index (χ3v) is 2.91. The number of carboxylic acid groups (broad SMARTS) is 2. The minimum atomic E-state index is -1.57. The van der Waals surface area contributed by atoms with Crippen LogP contribution in [0.3, 0.4) is 0 Å². The van der Waals surface area contributed by atoms with Crippen LogP contribution in [0.1, 0.15) is 20.3 Å². The van der Waals surface area contributed by atoms with Crippen LogP contribution in [0.4, 0.5) is 0 Å². The number of carbonyl (C=O) groups is 5. The maximum atomic E-state index is 11.9. The van der Waals surface area contributed by atoms with Gasteiger partial charge in [0, 0.05) is 0 Å². The van der Waals surface area contributed by atoms with E-state index >= 15 is 0 Å². The number of carboxylic acids is 2. The lowest BCUT2D eigenvalue weighted by atomic mass is 10.1. The van der Waals surface area contributed by atoms with Crippen molar-refractivity contribution in [3.05, 3.63) is 0 Å². The molecule has 0 aromatic carbocycles. The molecule has 0 radical (unpaired) electrons. The van der Waals surface area contributed by atoms with Crippen molar-refractivity contribution >= 4 is 29.7 Å². The average Bonchev–Trinajstić information content (AvgIpc) is 2.48. The molecular formula is C13H22N4O8. The van der Waals surface area contributed by atoms with Crippen molar-refractivity contribution in [2.24, 2.45) is 5.73 Å². The van der Waals surface area contributed by atoms with Gasteiger partial charge in [-0.05, 0) is 13.8 Å². The Morgan fingerprint density at radius 3 is 1.96 bits per heavy atom. The fourth-order valence-electron chi connectivity index (χ4n) is 1.59. The van der Waals surface area contributed by atoms with E-state index in [1.807, 2.05) is 5.32 Å². The van der Waals surface area contributed by atoms with E-state index in [1.165, 1.54) is 6.92 Å². The highest BCUT2D eigenvalue weighted by Crippen LogP contribution is 1.95. The Balaban J connectivity index is 4.73. The first-order chi connectivity index (χ1) is 11.5. The van der Waals surface area contributed by atoms with Gasteiger partial charge >= 0.3 is 11.9 Å². The van der Waals surface area contributed by atoms with Gasteiger partial charge in [0.1, 0.15) is 6.04 Å². The number of aliphatic hydroxyl groups is 1. The lowest BCUT2D eigenvalue weighted by Crippen LogP contribution is -2.54. The molecule has 0 fully saturated rings. The molecule has 4 unspecified atom stereocenters. The van der Waals surface area contributed by atoms with Crippen LogP contribution < -0.4 is 21.7 Å². The van der Waals surface area contributed by atoms with Gasteiger partial charge in [-0.2, -0.15) is 0 Å². The third-order valence-electron chi connectivity index (χ3n) is 2.91. The molecule has 0 bridgehead atoms. The van der Waals surface area contributed by atoms with E-state index < -0.39 is 66.9 Å². The molecule has 0 spiro atoms. The van der Waals surface area contributed by atoms with Gasteiger partial charge in [-0.3, -0.25) is 19.2 Å². The van der Waals surface area contributed by atoms with Crippen LogP contribution in [-0.4, -0.2) is 75.8 Å². The number of amides is 3. The van der Waals surface area contributed by atoms with Gasteiger partial charge in [-0.15, -0.1) is 0 Å². The van der Waals surface area contributed by atoms with Gasteiger partial charge in [0.15, 0.2) is 6.04 Å². The Morgan fingerprint density at radius 1 is 1.00 bits per heavy atom. The van der Waals surface area contributed by atoms with Crippen LogP contribution in [0.5, 0.6) is 0 Å². The van der Waals surface area contributed by atoms with Crippen LogP contribution in [0, 0.1) is 0 Å². The Kier molecular flexibility index (Phi) is 9.09. The summed E-state index contributed by atoms with van der Waals surface area (Å²) in [6.07, 6.45) is -2.11. The maximum Gasteiger partial charge on any atom is 0.328 e. The Hall–Kier alpha value is -2.73. The van der Waals surface area contributed by atoms with Crippen molar-refractivity contribution in [2.75, 3.05) is 6.54 Å². The Labute approximate surface area is 142 Å². The summed E-state index contributed by atoms with van der Waals surface area (Å²) in [7, 11) is 0. The molecule has 12 nitrogen and oxygen atoms in total. The monoisotopic (exact) mass is 362 g/mol. The number of nitrogens with two attached hydrogens (primary N) is 1. The van der Waals surface area contributed by atoms with E-state index in [4.69, 9.17) is 15.9 Å². The molecule has 0 saturated heterocycles. The second-order valence-corrected chi connectivity index (χ2v) is 5.29. The van der Waals surface area contributed by atoms with Gasteiger partial charge in [-0.25, -0.2) is 4.79 Å². The van der Waals surface area contributed by atoms with Gasteiger partial charge in [-0.1, -0.05) is 0 Å². The van der Waals surface area contributed by atoms with Crippen molar-refractivity contribution in [1.82, 2.24) is 16.0 Å². The molecular weight excluding hydrogens is 340 g/mol. The van der Waals surface area contributed by atoms with E-state index in [0.717, 1.165) is 6.92 Å². The highest BCUT2D eigenvalue weighted by atomic mass is 16.4. The van der Waals surface area contributed by atoms with E-state index in [2.05, 4.69) is 10.6 Å². The smallest absolute Gasteiger partial charge is 0.328 e. The standard InChI is InChI=1S/C13H22N4O8/c1-5(14)11(22)16-7(3-9(20)21)12(23)15-4-8(19)17-10(6(2)18)13(24)25/h5-7,10,18H,3-4,14H2,1-2H3,(H,15,23)(H,16,22)(H,17,19)(H,20,21)(H,24,25). The molecule has 0 aliphatic heterocycles. The predicted molar refractivity (Wildman–Crippen MR) is 82.1 cm³/mol. The van der Waals surface area contributed by atoms with Gasteiger partial charge in [0.25, 0.3) is 0 Å². The summed E-state index contributed by atoms with van der Waals surface area (Å²) >= 11 is 0. The molecule has 142 valence electrons. The number of rotatable bonds is 10. The average molecular weight is 362 g/mol. The van der Waals surface area contributed by atoms with Crippen molar-refractivity contribution in [3.63, 3.8) is 0 Å². The fourth-order valence-corrected chi connectivity index (χ4v) is 1.59. The molecule has 0 aromatic heterocycles. The van der Waals surface area contributed by atoms with Crippen LogP contribution >= 0.6 is 0 Å². The molecule has 0 heterocycles. The number of aliphatic hydroxyl groups excluding tert-OH is 1. The quantitative estimate of drug-likeness (QED) is 0.204. The lowest BCUT2D eigenvalue weighted by Gasteiger charge is -2.19. The van der Waals surface area contributed by atoms with Crippen LogP contribution in [0.2, 0.25) is 0 Å². The molecule has 8 N–H and O–H groups in total. The first-order valence-corrected chi connectivity index (χ1v) is 7.21. The number of hydrogen-bond donors (Lipinski definition) is 7. The molecule has 12 heteroatoms. The van der Waals surface area contributed by atoms with Gasteiger partial charge < -0.3 is 37.0 Å². The molecule has 0 saturated carbocycles. The van der Waals surface area contributed by atoms with Crippen LogP contribution in [0.15, 0.2) is 0 Å². The second-order valence-electron chi connectivity index (χ2n) is 5.29. The van der Waals surface area contributed by atoms with Crippen LogP contribution in [-0.2, 0) is 24.0 Å². The Bertz CT molecular complexity index is 534. The molecule has 0 aliphatic carbocycles. The number of hydrogen-bond acceptors (Lipinski definition) is 7. The summed E-state index contributed by atoms with van der Waals surface area (Å²) in [5.41, 5.74) is 5.31. The zero-order chi connectivity index (χ0) is 19.7. The molecule has 0 aromatic rings.